The molecule has 0 spiro atoms. The van der Waals surface area contributed by atoms with Crippen molar-refractivity contribution in [3.63, 3.8) is 0 Å². The number of hydrogen-bond donors (Lipinski definition) is 0. The monoisotopic (exact) mass is 323 g/mol. The second kappa shape index (κ2) is 5.77. The molecule has 3 rings (SSSR count). The molecular formula is C15H9N5O4. The fourth-order valence-electron chi connectivity index (χ4n) is 2.37. The van der Waals surface area contributed by atoms with Crippen LogP contribution in [0.3, 0.4) is 0 Å². The molecule has 118 valence electrons. The number of nitrogens with zero attached hydrogens (tertiary/aromatic N) is 5. The van der Waals surface area contributed by atoms with Gasteiger partial charge in [-0.15, -0.1) is 0 Å². The fourth-order valence-corrected chi connectivity index (χ4v) is 2.37. The summed E-state index contributed by atoms with van der Waals surface area (Å²) in [7, 11) is 0. The van der Waals surface area contributed by atoms with Crippen molar-refractivity contribution in [1.82, 2.24) is 14.1 Å². The Hall–Kier alpha value is -3.80. The zero-order valence-corrected chi connectivity index (χ0v) is 12.1. The van der Waals surface area contributed by atoms with Crippen LogP contribution in [0.5, 0.6) is 0 Å². The number of fused-ring (bicyclic) bond motifs is 1. The molecule has 2 heterocycles. The number of pyridine rings is 1. The van der Waals surface area contributed by atoms with Gasteiger partial charge in [-0.2, -0.15) is 5.26 Å². The molecular weight excluding hydrogens is 314 g/mol. The van der Waals surface area contributed by atoms with Gasteiger partial charge in [-0.1, -0.05) is 6.07 Å². The predicted octanol–water partition coefficient (Wildman–Crippen LogP) is 0.979. The number of aromatic nitrogens is 3. The third-order valence-electron chi connectivity index (χ3n) is 3.42. The molecule has 0 saturated carbocycles. The Morgan fingerprint density at radius 3 is 2.75 bits per heavy atom. The summed E-state index contributed by atoms with van der Waals surface area (Å²) < 4.78 is 1.85. The van der Waals surface area contributed by atoms with Crippen LogP contribution >= 0.6 is 0 Å². The highest BCUT2D eigenvalue weighted by Gasteiger charge is 2.16. The fraction of sp³-hybridized carbons (Fsp3) is 0.0667. The highest BCUT2D eigenvalue weighted by molar-refractivity contribution is 5.75. The van der Waals surface area contributed by atoms with Gasteiger partial charge in [0.25, 0.3) is 11.2 Å². The summed E-state index contributed by atoms with van der Waals surface area (Å²) in [6.45, 7) is -0.433. The SMILES string of the molecule is N#CCn1c(=O)c2cccnc2n(-c2cccc([N+](=O)[O-])c2)c1=O. The van der Waals surface area contributed by atoms with Crippen LogP contribution in [0.15, 0.2) is 52.2 Å². The standard InChI is InChI=1S/C15H9N5O4/c16-6-8-18-14(21)12-5-2-7-17-13(12)19(15(18)22)10-3-1-4-11(9-10)20(23)24/h1-5,7,9H,8H2. The number of benzene rings is 1. The Morgan fingerprint density at radius 1 is 1.25 bits per heavy atom. The number of nitriles is 1. The third kappa shape index (κ3) is 2.32. The Labute approximate surface area is 133 Å². The van der Waals surface area contributed by atoms with Crippen molar-refractivity contribution >= 4 is 16.7 Å². The van der Waals surface area contributed by atoms with E-state index in [4.69, 9.17) is 5.26 Å². The van der Waals surface area contributed by atoms with Gasteiger partial charge in [-0.3, -0.25) is 14.9 Å². The van der Waals surface area contributed by atoms with Gasteiger partial charge >= 0.3 is 5.69 Å². The van der Waals surface area contributed by atoms with Crippen LogP contribution in [-0.2, 0) is 6.54 Å². The first-order chi connectivity index (χ1) is 11.5. The minimum atomic E-state index is -0.784. The molecule has 0 unspecified atom stereocenters. The molecule has 0 amide bonds. The highest BCUT2D eigenvalue weighted by atomic mass is 16.6. The van der Waals surface area contributed by atoms with Crippen molar-refractivity contribution in [2.75, 3.05) is 0 Å². The van der Waals surface area contributed by atoms with E-state index in [2.05, 4.69) is 4.98 Å². The van der Waals surface area contributed by atoms with E-state index in [1.807, 2.05) is 0 Å². The van der Waals surface area contributed by atoms with E-state index in [1.165, 1.54) is 42.6 Å². The van der Waals surface area contributed by atoms with E-state index < -0.39 is 22.7 Å². The first-order valence-electron chi connectivity index (χ1n) is 6.77. The normalized spacial score (nSPS) is 10.5. The third-order valence-corrected chi connectivity index (χ3v) is 3.42. The smallest absolute Gasteiger partial charge is 0.268 e. The van der Waals surface area contributed by atoms with Gasteiger partial charge in [-0.05, 0) is 18.2 Å². The van der Waals surface area contributed by atoms with E-state index in [-0.39, 0.29) is 22.4 Å². The average Bonchev–Trinajstić information content (AvgIpc) is 2.59. The molecule has 0 aliphatic rings. The lowest BCUT2D eigenvalue weighted by Gasteiger charge is -2.11. The van der Waals surface area contributed by atoms with E-state index in [0.29, 0.717) is 0 Å². The van der Waals surface area contributed by atoms with Crippen LogP contribution in [0.4, 0.5) is 5.69 Å². The molecule has 2 aromatic heterocycles. The van der Waals surface area contributed by atoms with E-state index in [9.17, 15) is 19.7 Å². The lowest BCUT2D eigenvalue weighted by atomic mass is 10.2. The van der Waals surface area contributed by atoms with Gasteiger partial charge in [-0.25, -0.2) is 18.9 Å². The Balaban J connectivity index is 2.46. The number of hydrogen-bond acceptors (Lipinski definition) is 6. The van der Waals surface area contributed by atoms with Crippen molar-refractivity contribution in [2.24, 2.45) is 0 Å². The molecule has 0 radical (unpaired) electrons. The Bertz CT molecular complexity index is 1120. The predicted molar refractivity (Wildman–Crippen MR) is 83.9 cm³/mol. The summed E-state index contributed by atoms with van der Waals surface area (Å²) in [5, 5.41) is 20.0. The average molecular weight is 323 g/mol. The van der Waals surface area contributed by atoms with Crippen molar-refractivity contribution in [3.8, 4) is 11.8 Å². The molecule has 0 saturated heterocycles. The summed E-state index contributed by atoms with van der Waals surface area (Å²) in [5.41, 5.74) is -1.37. The summed E-state index contributed by atoms with van der Waals surface area (Å²) in [5.74, 6) is 0. The summed E-state index contributed by atoms with van der Waals surface area (Å²) >= 11 is 0. The second-order valence-corrected chi connectivity index (χ2v) is 4.82. The van der Waals surface area contributed by atoms with E-state index in [0.717, 1.165) is 9.13 Å². The maximum Gasteiger partial charge on any atom is 0.338 e. The van der Waals surface area contributed by atoms with Crippen LogP contribution in [0, 0.1) is 21.4 Å². The zero-order valence-electron chi connectivity index (χ0n) is 12.1. The minimum absolute atomic E-state index is 0.0715. The van der Waals surface area contributed by atoms with Gasteiger partial charge in [0.15, 0.2) is 5.65 Å². The van der Waals surface area contributed by atoms with Crippen molar-refractivity contribution in [2.45, 2.75) is 6.54 Å². The molecule has 1 aromatic carbocycles. The van der Waals surface area contributed by atoms with Crippen LogP contribution in [0.1, 0.15) is 0 Å². The number of non-ortho nitro benzene ring substituents is 1. The quantitative estimate of drug-likeness (QED) is 0.522. The first-order valence-corrected chi connectivity index (χ1v) is 6.77. The minimum Gasteiger partial charge on any atom is -0.268 e. The van der Waals surface area contributed by atoms with Crippen LogP contribution in [-0.4, -0.2) is 19.0 Å². The molecule has 0 bridgehead atoms. The summed E-state index contributed by atoms with van der Waals surface area (Å²) in [6.07, 6.45) is 1.41. The van der Waals surface area contributed by atoms with Crippen LogP contribution < -0.4 is 11.2 Å². The van der Waals surface area contributed by atoms with Gasteiger partial charge in [0.2, 0.25) is 0 Å². The molecule has 9 heteroatoms. The molecule has 0 N–H and O–H groups in total. The van der Waals surface area contributed by atoms with Crippen LogP contribution in [0.2, 0.25) is 0 Å². The van der Waals surface area contributed by atoms with Crippen molar-refractivity contribution < 1.29 is 4.92 Å². The van der Waals surface area contributed by atoms with Gasteiger partial charge < -0.3 is 0 Å². The van der Waals surface area contributed by atoms with Crippen molar-refractivity contribution in [1.29, 1.82) is 5.26 Å². The lowest BCUT2D eigenvalue weighted by molar-refractivity contribution is -0.384. The van der Waals surface area contributed by atoms with E-state index >= 15 is 0 Å². The maximum absolute atomic E-state index is 12.6. The van der Waals surface area contributed by atoms with Gasteiger partial charge in [0, 0.05) is 18.3 Å². The number of rotatable bonds is 3. The first kappa shape index (κ1) is 15.1. The van der Waals surface area contributed by atoms with Gasteiger partial charge in [0.05, 0.1) is 22.1 Å². The number of nitro benzene ring substituents is 1. The summed E-state index contributed by atoms with van der Waals surface area (Å²) in [6, 6.07) is 10.2. The molecule has 0 atom stereocenters. The molecule has 3 aromatic rings. The number of nitro groups is 1. The second-order valence-electron chi connectivity index (χ2n) is 4.82. The molecule has 9 nitrogen and oxygen atoms in total. The molecule has 24 heavy (non-hydrogen) atoms. The van der Waals surface area contributed by atoms with Crippen molar-refractivity contribution in [3.05, 3.63) is 73.5 Å². The van der Waals surface area contributed by atoms with Gasteiger partial charge in [0.1, 0.15) is 6.54 Å². The molecule has 0 aliphatic heterocycles. The molecule has 0 aliphatic carbocycles. The Kier molecular flexibility index (Phi) is 3.63. The Morgan fingerprint density at radius 2 is 2.04 bits per heavy atom. The lowest BCUT2D eigenvalue weighted by Crippen LogP contribution is -2.39. The highest BCUT2D eigenvalue weighted by Crippen LogP contribution is 2.17. The topological polar surface area (TPSA) is 124 Å². The van der Waals surface area contributed by atoms with Crippen LogP contribution in [0.25, 0.3) is 16.7 Å². The molecule has 0 fully saturated rings. The zero-order chi connectivity index (χ0) is 17.3. The van der Waals surface area contributed by atoms with E-state index in [1.54, 1.807) is 6.07 Å². The maximum atomic E-state index is 12.6. The largest absolute Gasteiger partial charge is 0.338 e. The summed E-state index contributed by atoms with van der Waals surface area (Å²) in [4.78, 5) is 39.4.